The maximum absolute atomic E-state index is 6.41. The van der Waals surface area contributed by atoms with Gasteiger partial charge < -0.3 is 20.9 Å². The number of benzene rings is 1. The average molecular weight is 325 g/mol. The van der Waals surface area contributed by atoms with Gasteiger partial charge in [0.25, 0.3) is 0 Å². The summed E-state index contributed by atoms with van der Waals surface area (Å²) in [6.07, 6.45) is 1.79. The number of nitrogens with two attached hydrogens (primary N) is 2. The zero-order valence-corrected chi connectivity index (χ0v) is 14.2. The molecule has 2 aromatic heterocycles. The van der Waals surface area contributed by atoms with E-state index < -0.39 is 0 Å². The summed E-state index contributed by atoms with van der Waals surface area (Å²) < 4.78 is 2.15. The predicted octanol–water partition coefficient (Wildman–Crippen LogP) is 3.06. The lowest BCUT2D eigenvalue weighted by Gasteiger charge is -2.31. The molecule has 0 spiro atoms. The second-order valence-electron chi connectivity index (χ2n) is 5.98. The van der Waals surface area contributed by atoms with Crippen molar-refractivity contribution < 1.29 is 0 Å². The van der Waals surface area contributed by atoms with Crippen LogP contribution in [0.4, 0.5) is 5.69 Å². The van der Waals surface area contributed by atoms with Gasteiger partial charge in [0, 0.05) is 46.6 Å². The summed E-state index contributed by atoms with van der Waals surface area (Å²) in [6, 6.07) is 8.53. The molecule has 1 unspecified atom stereocenters. The van der Waals surface area contributed by atoms with Crippen LogP contribution < -0.4 is 11.5 Å². The smallest absolute Gasteiger partial charge is 0.197 e. The normalized spacial score (nSPS) is 17.5. The van der Waals surface area contributed by atoms with Gasteiger partial charge in [-0.15, -0.1) is 11.3 Å². The van der Waals surface area contributed by atoms with Crippen LogP contribution in [-0.2, 0) is 7.05 Å². The van der Waals surface area contributed by atoms with Gasteiger partial charge >= 0.3 is 0 Å². The third-order valence-electron chi connectivity index (χ3n) is 4.49. The highest BCUT2D eigenvalue weighted by Gasteiger charge is 2.27. The lowest BCUT2D eigenvalue weighted by atomic mass is 9.98. The van der Waals surface area contributed by atoms with Gasteiger partial charge in [-0.05, 0) is 31.2 Å². The Morgan fingerprint density at radius 2 is 2.00 bits per heavy atom. The minimum Gasteiger partial charge on any atom is -0.369 e. The van der Waals surface area contributed by atoms with Crippen molar-refractivity contribution in [2.45, 2.75) is 13.1 Å². The highest BCUT2D eigenvalue weighted by atomic mass is 32.1. The molecule has 5 nitrogen and oxygen atoms in total. The van der Waals surface area contributed by atoms with E-state index in [1.807, 2.05) is 11.9 Å². The number of rotatable bonds is 1. The first-order chi connectivity index (χ1) is 11.0. The molecule has 1 aliphatic heterocycles. The first-order valence-corrected chi connectivity index (χ1v) is 8.30. The lowest BCUT2D eigenvalue weighted by Crippen LogP contribution is -2.42. The molecule has 1 aliphatic rings. The Morgan fingerprint density at radius 3 is 2.70 bits per heavy atom. The van der Waals surface area contributed by atoms with Crippen molar-refractivity contribution >= 4 is 33.9 Å². The number of aromatic nitrogens is 1. The number of aryl methyl sites for hydroxylation is 2. The van der Waals surface area contributed by atoms with Gasteiger partial charge in [-0.1, -0.05) is 0 Å². The molecule has 4 N–H and O–H groups in total. The molecule has 4 rings (SSSR count). The number of hydrogen-bond acceptors (Lipinski definition) is 5. The van der Waals surface area contributed by atoms with Gasteiger partial charge in [0.15, 0.2) is 5.96 Å². The molecule has 1 atom stereocenters. The molecule has 0 radical (unpaired) electrons. The molecule has 1 aromatic carbocycles. The Bertz CT molecular complexity index is 949. The fourth-order valence-electron chi connectivity index (χ4n) is 3.21. The molecule has 6 heteroatoms. The summed E-state index contributed by atoms with van der Waals surface area (Å²) >= 11 is 1.79. The van der Waals surface area contributed by atoms with Crippen LogP contribution in [0, 0.1) is 6.92 Å². The van der Waals surface area contributed by atoms with Crippen molar-refractivity contribution in [3.63, 3.8) is 0 Å². The third-order valence-corrected chi connectivity index (χ3v) is 5.52. The van der Waals surface area contributed by atoms with E-state index >= 15 is 0 Å². The molecule has 23 heavy (non-hydrogen) atoms. The summed E-state index contributed by atoms with van der Waals surface area (Å²) in [7, 11) is 3.94. The average Bonchev–Trinajstić information content (AvgIpc) is 3.11. The minimum absolute atomic E-state index is 0.286. The van der Waals surface area contributed by atoms with Crippen molar-refractivity contribution in [1.82, 2.24) is 9.47 Å². The summed E-state index contributed by atoms with van der Waals surface area (Å²) in [4.78, 5) is 8.90. The number of hydrogen-bond donors (Lipinski definition) is 2. The molecule has 0 aliphatic carbocycles. The van der Waals surface area contributed by atoms with E-state index in [1.54, 1.807) is 11.3 Å². The topological polar surface area (TPSA) is 72.6 Å². The molecule has 118 valence electrons. The van der Waals surface area contributed by atoms with Crippen molar-refractivity contribution in [3.05, 3.63) is 40.9 Å². The zero-order valence-electron chi connectivity index (χ0n) is 13.4. The van der Waals surface area contributed by atoms with Crippen LogP contribution in [0.5, 0.6) is 0 Å². The summed E-state index contributed by atoms with van der Waals surface area (Å²) in [5, 5.41) is 1.14. The minimum atomic E-state index is -0.286. The van der Waals surface area contributed by atoms with E-state index in [9.17, 15) is 0 Å². The number of nitrogens with zero attached hydrogens (tertiary/aromatic N) is 3. The first kappa shape index (κ1) is 14.3. The molecule has 0 bridgehead atoms. The van der Waals surface area contributed by atoms with Gasteiger partial charge in [-0.2, -0.15) is 0 Å². The van der Waals surface area contributed by atoms with Crippen LogP contribution in [0.3, 0.4) is 0 Å². The van der Waals surface area contributed by atoms with Crippen LogP contribution in [-0.4, -0.2) is 22.5 Å². The number of fused-ring (bicyclic) bond motifs is 3. The van der Waals surface area contributed by atoms with E-state index in [4.69, 9.17) is 11.5 Å². The molecular formula is C17H19N5S. The Labute approximate surface area is 138 Å². The van der Waals surface area contributed by atoms with Gasteiger partial charge in [-0.25, -0.2) is 4.99 Å². The van der Waals surface area contributed by atoms with E-state index in [2.05, 4.69) is 54.0 Å². The van der Waals surface area contributed by atoms with Crippen LogP contribution in [0.1, 0.15) is 16.6 Å². The molecule has 0 fully saturated rings. The van der Waals surface area contributed by atoms with Crippen LogP contribution in [0.25, 0.3) is 21.3 Å². The van der Waals surface area contributed by atoms with Gasteiger partial charge in [-0.3, -0.25) is 0 Å². The monoisotopic (exact) mass is 325 g/mol. The van der Waals surface area contributed by atoms with E-state index in [1.165, 1.54) is 20.8 Å². The highest BCUT2D eigenvalue weighted by Crippen LogP contribution is 2.43. The van der Waals surface area contributed by atoms with Gasteiger partial charge in [0.1, 0.15) is 6.17 Å². The molecule has 0 saturated carbocycles. The molecule has 0 saturated heterocycles. The molecule has 0 amide bonds. The summed E-state index contributed by atoms with van der Waals surface area (Å²) in [5.41, 5.74) is 16.7. The van der Waals surface area contributed by atoms with E-state index in [-0.39, 0.29) is 6.17 Å². The quantitative estimate of drug-likeness (QED) is 0.722. The highest BCUT2D eigenvalue weighted by molar-refractivity contribution is 7.15. The van der Waals surface area contributed by atoms with Crippen LogP contribution in [0.15, 0.2) is 35.5 Å². The van der Waals surface area contributed by atoms with Crippen molar-refractivity contribution in [2.24, 2.45) is 23.5 Å². The van der Waals surface area contributed by atoms with Crippen LogP contribution in [0.2, 0.25) is 0 Å². The third kappa shape index (κ3) is 1.99. The summed E-state index contributed by atoms with van der Waals surface area (Å²) in [6.45, 7) is 2.12. The van der Waals surface area contributed by atoms with E-state index in [0.717, 1.165) is 16.6 Å². The fraction of sp³-hybridized carbons (Fsp3) is 0.235. The largest absolute Gasteiger partial charge is 0.369 e. The van der Waals surface area contributed by atoms with Crippen molar-refractivity contribution in [3.8, 4) is 10.4 Å². The SMILES string of the molecule is Cc1ccc(-c2cc3c(c4ccn(C)c24)C(N)N(C)C(N)=N3)s1. The second-order valence-corrected chi connectivity index (χ2v) is 7.27. The molecular weight excluding hydrogens is 306 g/mol. The Kier molecular flexibility index (Phi) is 3.01. The van der Waals surface area contributed by atoms with Gasteiger partial charge in [0.05, 0.1) is 11.2 Å². The second kappa shape index (κ2) is 4.84. The molecule has 3 heterocycles. The zero-order chi connectivity index (χ0) is 16.3. The maximum atomic E-state index is 6.41. The lowest BCUT2D eigenvalue weighted by molar-refractivity contribution is 0.378. The Morgan fingerprint density at radius 1 is 1.22 bits per heavy atom. The molecule has 3 aromatic rings. The number of guanidine groups is 1. The standard InChI is InChI=1S/C17H19N5S/c1-9-4-5-13(23-9)11-8-12-14(10-6-7-21(2)15(10)11)16(18)22(3)17(19)20-12/h4-8,16H,18H2,1-3H3,(H2,19,20). The maximum Gasteiger partial charge on any atom is 0.197 e. The fourth-order valence-corrected chi connectivity index (χ4v) is 4.10. The van der Waals surface area contributed by atoms with Crippen molar-refractivity contribution in [2.75, 3.05) is 7.05 Å². The predicted molar refractivity (Wildman–Crippen MR) is 96.9 cm³/mol. The number of aliphatic imine (C=N–C) groups is 1. The van der Waals surface area contributed by atoms with Crippen molar-refractivity contribution in [1.29, 1.82) is 0 Å². The Balaban J connectivity index is 2.10. The Hall–Kier alpha value is -2.31. The number of thiophene rings is 1. The van der Waals surface area contributed by atoms with Crippen LogP contribution >= 0.6 is 11.3 Å². The van der Waals surface area contributed by atoms with E-state index in [0.29, 0.717) is 5.96 Å². The first-order valence-electron chi connectivity index (χ1n) is 7.48. The summed E-state index contributed by atoms with van der Waals surface area (Å²) in [5.74, 6) is 0.452. The van der Waals surface area contributed by atoms with Gasteiger partial charge in [0.2, 0.25) is 0 Å².